The van der Waals surface area contributed by atoms with Crippen LogP contribution in [0.25, 0.3) is 0 Å². The zero-order valence-electron chi connectivity index (χ0n) is 14.1. The molecule has 3 aromatic carbocycles. The first-order chi connectivity index (χ1) is 12.7. The Morgan fingerprint density at radius 3 is 2.42 bits per heavy atom. The minimum atomic E-state index is -0.444. The van der Waals surface area contributed by atoms with Gasteiger partial charge in [-0.2, -0.15) is 0 Å². The Balaban J connectivity index is 1.85. The second-order valence-corrected chi connectivity index (χ2v) is 6.02. The molecular formula is C21H17NO4. The molecule has 0 radical (unpaired) electrons. The van der Waals surface area contributed by atoms with Crippen LogP contribution in [0.5, 0.6) is 17.2 Å². The highest BCUT2D eigenvalue weighted by atomic mass is 16.5. The van der Waals surface area contributed by atoms with Crippen LogP contribution in [0.15, 0.2) is 66.7 Å². The Bertz CT molecular complexity index is 970. The van der Waals surface area contributed by atoms with Gasteiger partial charge in [-0.1, -0.05) is 30.3 Å². The molecule has 130 valence electrons. The van der Waals surface area contributed by atoms with Crippen LogP contribution in [0.2, 0.25) is 0 Å². The summed E-state index contributed by atoms with van der Waals surface area (Å²) < 4.78 is 11.3. The van der Waals surface area contributed by atoms with Gasteiger partial charge in [0.15, 0.2) is 17.6 Å². The molecule has 1 aliphatic rings. The van der Waals surface area contributed by atoms with E-state index in [9.17, 15) is 9.90 Å². The number of benzene rings is 3. The van der Waals surface area contributed by atoms with Crippen LogP contribution < -0.4 is 14.4 Å². The Hall–Kier alpha value is -3.47. The van der Waals surface area contributed by atoms with Crippen LogP contribution >= 0.6 is 0 Å². The van der Waals surface area contributed by atoms with Gasteiger partial charge < -0.3 is 19.5 Å². The van der Waals surface area contributed by atoms with Crippen molar-refractivity contribution in [3.8, 4) is 17.2 Å². The number of hydrogen-bond acceptors (Lipinski definition) is 5. The Labute approximate surface area is 151 Å². The molecule has 26 heavy (non-hydrogen) atoms. The largest absolute Gasteiger partial charge is 0.508 e. The van der Waals surface area contributed by atoms with Gasteiger partial charge in [-0.25, -0.2) is 0 Å². The number of phenols is 1. The molecule has 5 heteroatoms. The van der Waals surface area contributed by atoms with Crippen LogP contribution in [-0.2, 0) is 4.79 Å². The van der Waals surface area contributed by atoms with Gasteiger partial charge in [-0.3, -0.25) is 4.79 Å². The zero-order valence-corrected chi connectivity index (χ0v) is 14.1. The lowest BCUT2D eigenvalue weighted by atomic mass is 9.92. The van der Waals surface area contributed by atoms with E-state index in [1.807, 2.05) is 43.4 Å². The number of phenolic OH excluding ortho intramolecular Hbond substituents is 1. The lowest BCUT2D eigenvalue weighted by Gasteiger charge is -2.35. The first-order valence-corrected chi connectivity index (χ1v) is 8.20. The highest BCUT2D eigenvalue weighted by Crippen LogP contribution is 2.47. The highest BCUT2D eigenvalue weighted by Gasteiger charge is 2.31. The van der Waals surface area contributed by atoms with Crippen molar-refractivity contribution >= 4 is 17.8 Å². The SMILES string of the molecule is CN1c2ccccc2C(Oc2ccccc2OC=O)c2cc(O)ccc21. The van der Waals surface area contributed by atoms with Crippen LogP contribution in [0, 0.1) is 0 Å². The van der Waals surface area contributed by atoms with Crippen molar-refractivity contribution in [1.82, 2.24) is 0 Å². The molecular weight excluding hydrogens is 330 g/mol. The molecule has 5 nitrogen and oxygen atoms in total. The maximum Gasteiger partial charge on any atom is 0.298 e. The van der Waals surface area contributed by atoms with Crippen molar-refractivity contribution < 1.29 is 19.4 Å². The van der Waals surface area contributed by atoms with E-state index in [-0.39, 0.29) is 5.75 Å². The van der Waals surface area contributed by atoms with Gasteiger partial charge in [0.1, 0.15) is 5.75 Å². The molecule has 0 saturated carbocycles. The normalized spacial score (nSPS) is 15.0. The number of nitrogens with zero attached hydrogens (tertiary/aromatic N) is 1. The van der Waals surface area contributed by atoms with E-state index in [4.69, 9.17) is 9.47 Å². The third kappa shape index (κ3) is 2.63. The number of carbonyl (C=O) groups excluding carboxylic acids is 1. The molecule has 0 aliphatic carbocycles. The van der Waals surface area contributed by atoms with Gasteiger partial charge in [-0.15, -0.1) is 0 Å². The average molecular weight is 347 g/mol. The van der Waals surface area contributed by atoms with Gasteiger partial charge in [0.05, 0.1) is 0 Å². The molecule has 1 unspecified atom stereocenters. The number of rotatable bonds is 4. The van der Waals surface area contributed by atoms with Gasteiger partial charge in [0.2, 0.25) is 0 Å². The lowest BCUT2D eigenvalue weighted by molar-refractivity contribution is -0.120. The maximum atomic E-state index is 10.8. The monoisotopic (exact) mass is 347 g/mol. The molecule has 0 fully saturated rings. The molecule has 0 bridgehead atoms. The summed E-state index contributed by atoms with van der Waals surface area (Å²) in [5.74, 6) is 0.974. The molecule has 3 aromatic rings. The first kappa shape index (κ1) is 16.0. The quantitative estimate of drug-likeness (QED) is 0.718. The third-order valence-electron chi connectivity index (χ3n) is 4.50. The molecule has 1 heterocycles. The van der Waals surface area contributed by atoms with Crippen molar-refractivity contribution in [2.75, 3.05) is 11.9 Å². The molecule has 0 spiro atoms. The van der Waals surface area contributed by atoms with E-state index in [2.05, 4.69) is 4.90 Å². The molecule has 4 rings (SSSR count). The van der Waals surface area contributed by atoms with E-state index in [1.54, 1.807) is 30.3 Å². The fraction of sp³-hybridized carbons (Fsp3) is 0.0952. The Kier molecular flexibility index (Phi) is 3.97. The van der Waals surface area contributed by atoms with Crippen molar-refractivity contribution in [3.05, 3.63) is 77.9 Å². The zero-order chi connectivity index (χ0) is 18.1. The number of anilines is 2. The van der Waals surface area contributed by atoms with Crippen molar-refractivity contribution in [2.24, 2.45) is 0 Å². The summed E-state index contributed by atoms with van der Waals surface area (Å²) in [6.45, 7) is 0.380. The fourth-order valence-electron chi connectivity index (χ4n) is 3.32. The summed E-state index contributed by atoms with van der Waals surface area (Å²) in [6.07, 6.45) is -0.444. The number of hydrogen-bond donors (Lipinski definition) is 1. The van der Waals surface area contributed by atoms with E-state index in [0.717, 1.165) is 22.5 Å². The molecule has 1 atom stereocenters. The molecule has 1 aliphatic heterocycles. The predicted octanol–water partition coefficient (Wildman–Crippen LogP) is 4.18. The summed E-state index contributed by atoms with van der Waals surface area (Å²) in [4.78, 5) is 12.9. The minimum Gasteiger partial charge on any atom is -0.508 e. The third-order valence-corrected chi connectivity index (χ3v) is 4.50. The predicted molar refractivity (Wildman–Crippen MR) is 98.2 cm³/mol. The van der Waals surface area contributed by atoms with Gasteiger partial charge in [-0.05, 0) is 36.4 Å². The summed E-state index contributed by atoms with van der Waals surface area (Å²) in [5.41, 5.74) is 3.77. The van der Waals surface area contributed by atoms with Crippen molar-refractivity contribution in [2.45, 2.75) is 6.10 Å². The van der Waals surface area contributed by atoms with Gasteiger partial charge in [0, 0.05) is 29.5 Å². The Morgan fingerprint density at radius 1 is 0.923 bits per heavy atom. The van der Waals surface area contributed by atoms with Crippen molar-refractivity contribution in [1.29, 1.82) is 0 Å². The topological polar surface area (TPSA) is 59.0 Å². The van der Waals surface area contributed by atoms with Crippen LogP contribution in [-0.4, -0.2) is 18.6 Å². The second-order valence-electron chi connectivity index (χ2n) is 6.02. The summed E-state index contributed by atoms with van der Waals surface area (Å²) >= 11 is 0. The number of para-hydroxylation sites is 3. The first-order valence-electron chi connectivity index (χ1n) is 8.20. The molecule has 0 saturated heterocycles. The average Bonchev–Trinajstić information content (AvgIpc) is 2.66. The molecule has 0 aromatic heterocycles. The smallest absolute Gasteiger partial charge is 0.298 e. The van der Waals surface area contributed by atoms with Crippen LogP contribution in [0.1, 0.15) is 17.2 Å². The number of carbonyl (C=O) groups is 1. The molecule has 0 amide bonds. The summed E-state index contributed by atoms with van der Waals surface area (Å²) in [5, 5.41) is 10.0. The van der Waals surface area contributed by atoms with E-state index < -0.39 is 6.10 Å². The second kappa shape index (κ2) is 6.44. The van der Waals surface area contributed by atoms with Gasteiger partial charge >= 0.3 is 0 Å². The van der Waals surface area contributed by atoms with Crippen molar-refractivity contribution in [3.63, 3.8) is 0 Å². The Morgan fingerprint density at radius 2 is 1.62 bits per heavy atom. The van der Waals surface area contributed by atoms with Gasteiger partial charge in [0.25, 0.3) is 6.47 Å². The molecule has 1 N–H and O–H groups in total. The lowest BCUT2D eigenvalue weighted by Crippen LogP contribution is -2.24. The summed E-state index contributed by atoms with van der Waals surface area (Å²) in [6, 6.07) is 20.2. The van der Waals surface area contributed by atoms with Crippen LogP contribution in [0.4, 0.5) is 11.4 Å². The number of aromatic hydroxyl groups is 1. The van der Waals surface area contributed by atoms with E-state index in [1.165, 1.54) is 0 Å². The number of fused-ring (bicyclic) bond motifs is 2. The summed E-state index contributed by atoms with van der Waals surface area (Å²) in [7, 11) is 1.98. The highest BCUT2D eigenvalue weighted by molar-refractivity contribution is 5.76. The van der Waals surface area contributed by atoms with E-state index >= 15 is 0 Å². The fourth-order valence-corrected chi connectivity index (χ4v) is 3.32. The van der Waals surface area contributed by atoms with Crippen LogP contribution in [0.3, 0.4) is 0 Å². The number of ether oxygens (including phenoxy) is 2. The minimum absolute atomic E-state index is 0.169. The standard InChI is InChI=1S/C21H17NO4/c1-22-17-7-3-2-6-15(17)21(16-12-14(24)10-11-18(16)22)26-20-9-5-4-8-19(20)25-13-23/h2-13,21,24H,1H3. The maximum absolute atomic E-state index is 10.8. The van der Waals surface area contributed by atoms with E-state index in [0.29, 0.717) is 18.0 Å².